The molecule has 1 saturated carbocycles. The highest BCUT2D eigenvalue weighted by Gasteiger charge is 2.41. The second kappa shape index (κ2) is 6.37. The quantitative estimate of drug-likeness (QED) is 0.680. The van der Waals surface area contributed by atoms with Crippen LogP contribution in [0.3, 0.4) is 0 Å². The van der Waals surface area contributed by atoms with Crippen LogP contribution < -0.4 is 0 Å². The van der Waals surface area contributed by atoms with Gasteiger partial charge >= 0.3 is 6.09 Å². The summed E-state index contributed by atoms with van der Waals surface area (Å²) in [5.41, 5.74) is -0.610. The zero-order valence-electron chi connectivity index (χ0n) is 13.7. The summed E-state index contributed by atoms with van der Waals surface area (Å²) < 4.78 is 5.43. The molecule has 1 aliphatic heterocycles. The van der Waals surface area contributed by atoms with E-state index >= 15 is 0 Å². The maximum Gasteiger partial charge on any atom is 0.410 e. The molecule has 0 aromatic rings. The van der Waals surface area contributed by atoms with Crippen molar-refractivity contribution in [2.75, 3.05) is 13.1 Å². The molecule has 1 amide bonds. The molecule has 1 saturated heterocycles. The number of rotatable bonds is 0. The number of hydrogen-bond donors (Lipinski definition) is 0. The van der Waals surface area contributed by atoms with Crippen LogP contribution in [0.5, 0.6) is 0 Å². The number of nitrogens with zero attached hydrogens (tertiary/aromatic N) is 1. The summed E-state index contributed by atoms with van der Waals surface area (Å²) in [6, 6.07) is 0. The van der Waals surface area contributed by atoms with Gasteiger partial charge in [0.1, 0.15) is 11.4 Å². The maximum atomic E-state index is 12.5. The lowest BCUT2D eigenvalue weighted by atomic mass is 9.69. The predicted molar refractivity (Wildman–Crippen MR) is 82.2 cm³/mol. The number of amides is 1. The van der Waals surface area contributed by atoms with Crippen molar-refractivity contribution >= 4 is 11.9 Å². The minimum absolute atomic E-state index is 0.154. The van der Waals surface area contributed by atoms with Gasteiger partial charge in [-0.3, -0.25) is 4.79 Å². The van der Waals surface area contributed by atoms with E-state index in [4.69, 9.17) is 4.74 Å². The van der Waals surface area contributed by atoms with Gasteiger partial charge in [0.05, 0.1) is 0 Å². The van der Waals surface area contributed by atoms with E-state index in [2.05, 4.69) is 0 Å². The number of likely N-dealkylation sites (tertiary alicyclic amines) is 1. The fourth-order valence-corrected chi connectivity index (χ4v) is 3.48. The summed E-state index contributed by atoms with van der Waals surface area (Å²) in [6.07, 6.45) is 7.73. The smallest absolute Gasteiger partial charge is 0.410 e. The summed E-state index contributed by atoms with van der Waals surface area (Å²) in [4.78, 5) is 26.4. The third-order valence-electron chi connectivity index (χ3n) is 4.77. The third-order valence-corrected chi connectivity index (χ3v) is 4.77. The minimum Gasteiger partial charge on any atom is -0.444 e. The van der Waals surface area contributed by atoms with Crippen LogP contribution in [0.4, 0.5) is 4.79 Å². The van der Waals surface area contributed by atoms with Crippen LogP contribution in [-0.2, 0) is 9.53 Å². The number of carbonyl (C=O) groups is 2. The molecule has 0 N–H and O–H groups in total. The largest absolute Gasteiger partial charge is 0.444 e. The van der Waals surface area contributed by atoms with Gasteiger partial charge in [-0.1, -0.05) is 19.3 Å². The Morgan fingerprint density at radius 2 is 1.67 bits per heavy atom. The van der Waals surface area contributed by atoms with Gasteiger partial charge in [0, 0.05) is 24.9 Å². The van der Waals surface area contributed by atoms with Crippen molar-refractivity contribution < 1.29 is 14.3 Å². The first-order valence-electron chi connectivity index (χ1n) is 8.34. The lowest BCUT2D eigenvalue weighted by Gasteiger charge is -2.41. The fraction of sp³-hybridized carbons (Fsp3) is 0.882. The third kappa shape index (κ3) is 4.21. The Labute approximate surface area is 128 Å². The molecule has 0 aromatic heterocycles. The van der Waals surface area contributed by atoms with Crippen LogP contribution in [-0.4, -0.2) is 35.5 Å². The molecule has 4 heteroatoms. The van der Waals surface area contributed by atoms with E-state index in [0.29, 0.717) is 18.9 Å². The average molecular weight is 295 g/mol. The van der Waals surface area contributed by atoms with Crippen LogP contribution in [0.1, 0.15) is 72.1 Å². The summed E-state index contributed by atoms with van der Waals surface area (Å²) >= 11 is 0. The lowest BCUT2D eigenvalue weighted by Crippen LogP contribution is -2.48. The summed E-state index contributed by atoms with van der Waals surface area (Å²) in [7, 11) is 0. The standard InChI is InChI=1S/C17H29NO3/c1-16(2,3)21-15(20)18-12-10-17(11-13-18)9-7-5-4-6-8-14(17)19/h4-13H2,1-3H3. The highest BCUT2D eigenvalue weighted by atomic mass is 16.6. The molecule has 1 aliphatic carbocycles. The van der Waals surface area contributed by atoms with Gasteiger partial charge in [-0.05, 0) is 46.5 Å². The van der Waals surface area contributed by atoms with Gasteiger partial charge in [0.25, 0.3) is 0 Å². The predicted octanol–water partition coefficient (Wildman–Crippen LogP) is 3.93. The van der Waals surface area contributed by atoms with Gasteiger partial charge in [-0.15, -0.1) is 0 Å². The van der Waals surface area contributed by atoms with Crippen molar-refractivity contribution in [3.8, 4) is 0 Å². The zero-order valence-corrected chi connectivity index (χ0v) is 13.7. The Kier molecular flexibility index (Phi) is 4.95. The van der Waals surface area contributed by atoms with Crippen LogP contribution in [0.15, 0.2) is 0 Å². The SMILES string of the molecule is CC(C)(C)OC(=O)N1CCC2(CCCCCCC2=O)CC1. The van der Waals surface area contributed by atoms with Gasteiger partial charge in [-0.2, -0.15) is 0 Å². The molecule has 0 aromatic carbocycles. The van der Waals surface area contributed by atoms with E-state index in [0.717, 1.165) is 38.5 Å². The molecule has 0 atom stereocenters. The Bertz CT molecular complexity index is 389. The Balaban J connectivity index is 1.94. The monoisotopic (exact) mass is 295 g/mol. The van der Waals surface area contributed by atoms with Crippen LogP contribution in [0.25, 0.3) is 0 Å². The Morgan fingerprint density at radius 1 is 1.05 bits per heavy atom. The fourth-order valence-electron chi connectivity index (χ4n) is 3.48. The number of Topliss-reactive ketones (excluding diaryl/α,β-unsaturated/α-hetero) is 1. The average Bonchev–Trinajstić information content (AvgIpc) is 2.39. The molecule has 2 rings (SSSR count). The molecule has 1 heterocycles. The number of ketones is 1. The van der Waals surface area contributed by atoms with Gasteiger partial charge in [0.2, 0.25) is 0 Å². The summed E-state index contributed by atoms with van der Waals surface area (Å²) in [5, 5.41) is 0. The number of piperidine rings is 1. The lowest BCUT2D eigenvalue weighted by molar-refractivity contribution is -0.132. The van der Waals surface area contributed by atoms with E-state index in [1.165, 1.54) is 12.8 Å². The van der Waals surface area contributed by atoms with Gasteiger partial charge in [-0.25, -0.2) is 4.79 Å². The summed E-state index contributed by atoms with van der Waals surface area (Å²) in [6.45, 7) is 6.96. The summed E-state index contributed by atoms with van der Waals surface area (Å²) in [5.74, 6) is 0.436. The van der Waals surface area contributed by atoms with E-state index in [1.807, 2.05) is 20.8 Å². The van der Waals surface area contributed by atoms with Crippen molar-refractivity contribution in [2.45, 2.75) is 77.7 Å². The van der Waals surface area contributed by atoms with Crippen molar-refractivity contribution in [3.05, 3.63) is 0 Å². The first kappa shape index (κ1) is 16.3. The van der Waals surface area contributed by atoms with Crippen LogP contribution in [0, 0.1) is 5.41 Å². The molecule has 4 nitrogen and oxygen atoms in total. The van der Waals surface area contributed by atoms with E-state index < -0.39 is 5.60 Å². The highest BCUT2D eigenvalue weighted by molar-refractivity contribution is 5.85. The first-order chi connectivity index (χ1) is 9.82. The normalized spacial score (nSPS) is 23.6. The first-order valence-corrected chi connectivity index (χ1v) is 8.34. The zero-order chi connectivity index (χ0) is 15.5. The Morgan fingerprint density at radius 3 is 2.29 bits per heavy atom. The number of carbonyl (C=O) groups excluding carboxylic acids is 2. The van der Waals surface area contributed by atoms with E-state index in [-0.39, 0.29) is 11.5 Å². The van der Waals surface area contributed by atoms with Crippen molar-refractivity contribution in [1.82, 2.24) is 4.90 Å². The molecular formula is C17H29NO3. The molecule has 0 unspecified atom stereocenters. The molecule has 0 bridgehead atoms. The van der Waals surface area contributed by atoms with Crippen molar-refractivity contribution in [1.29, 1.82) is 0 Å². The molecule has 2 aliphatic rings. The van der Waals surface area contributed by atoms with Gasteiger partial charge in [0.15, 0.2) is 0 Å². The molecule has 21 heavy (non-hydrogen) atoms. The molecule has 1 spiro atoms. The topological polar surface area (TPSA) is 46.6 Å². The van der Waals surface area contributed by atoms with Gasteiger partial charge < -0.3 is 9.64 Å². The highest BCUT2D eigenvalue weighted by Crippen LogP contribution is 2.40. The van der Waals surface area contributed by atoms with Crippen LogP contribution in [0.2, 0.25) is 0 Å². The van der Waals surface area contributed by atoms with E-state index in [9.17, 15) is 9.59 Å². The molecule has 2 fully saturated rings. The number of hydrogen-bond acceptors (Lipinski definition) is 3. The van der Waals surface area contributed by atoms with Crippen molar-refractivity contribution in [2.24, 2.45) is 5.41 Å². The van der Waals surface area contributed by atoms with Crippen LogP contribution >= 0.6 is 0 Å². The molecule has 0 radical (unpaired) electrons. The molecule has 120 valence electrons. The second-order valence-corrected chi connectivity index (χ2v) is 7.59. The molecular weight excluding hydrogens is 266 g/mol. The second-order valence-electron chi connectivity index (χ2n) is 7.59. The number of ether oxygens (including phenoxy) is 1. The maximum absolute atomic E-state index is 12.5. The minimum atomic E-state index is -0.456. The Hall–Kier alpha value is -1.06. The van der Waals surface area contributed by atoms with E-state index in [1.54, 1.807) is 4.90 Å². The van der Waals surface area contributed by atoms with Crippen molar-refractivity contribution in [3.63, 3.8) is 0 Å².